The third kappa shape index (κ3) is 5.69. The summed E-state index contributed by atoms with van der Waals surface area (Å²) < 4.78 is 10.6. The number of rotatable bonds is 7. The van der Waals surface area contributed by atoms with Gasteiger partial charge in [0.1, 0.15) is 11.5 Å². The fraction of sp³-hybridized carbons (Fsp3) is 0.292. The third-order valence-corrected chi connectivity index (χ3v) is 5.43. The second-order valence-corrected chi connectivity index (χ2v) is 7.83. The molecule has 3 heterocycles. The number of carbonyl (C=O) groups excluding carboxylic acids is 3. The van der Waals surface area contributed by atoms with Crippen LogP contribution in [0.2, 0.25) is 0 Å². The molecule has 0 spiro atoms. The lowest BCUT2D eigenvalue weighted by Crippen LogP contribution is -2.50. The van der Waals surface area contributed by atoms with Crippen molar-refractivity contribution in [3.8, 4) is 0 Å². The van der Waals surface area contributed by atoms with Crippen molar-refractivity contribution in [1.29, 1.82) is 0 Å². The molecule has 0 radical (unpaired) electrons. The Morgan fingerprint density at radius 3 is 2.45 bits per heavy atom. The Labute approximate surface area is 191 Å². The van der Waals surface area contributed by atoms with Gasteiger partial charge in [-0.25, -0.2) is 0 Å². The number of nitrogens with zero attached hydrogens (tertiary/aromatic N) is 2. The Balaban J connectivity index is 1.28. The largest absolute Gasteiger partial charge is 0.467 e. The average Bonchev–Trinajstić information content (AvgIpc) is 3.49. The molecule has 0 unspecified atom stereocenters. The molecule has 1 saturated heterocycles. The third-order valence-electron chi connectivity index (χ3n) is 5.43. The molecular formula is C24H26N4O5. The predicted octanol–water partition coefficient (Wildman–Crippen LogP) is 2.51. The van der Waals surface area contributed by atoms with Crippen LogP contribution in [0.25, 0.3) is 0 Å². The Bertz CT molecular complexity index is 1110. The first kappa shape index (κ1) is 22.3. The number of nitrogens with one attached hydrogen (secondary N) is 2. The quantitative estimate of drug-likeness (QED) is 0.573. The first-order chi connectivity index (χ1) is 16.0. The van der Waals surface area contributed by atoms with Crippen LogP contribution in [0.1, 0.15) is 32.4 Å². The van der Waals surface area contributed by atoms with Crippen LogP contribution in [0, 0.1) is 6.92 Å². The highest BCUT2D eigenvalue weighted by Crippen LogP contribution is 2.16. The van der Waals surface area contributed by atoms with Gasteiger partial charge in [0.05, 0.1) is 30.6 Å². The Kier molecular flexibility index (Phi) is 6.89. The highest BCUT2D eigenvalue weighted by atomic mass is 16.4. The second-order valence-electron chi connectivity index (χ2n) is 7.83. The zero-order valence-electron chi connectivity index (χ0n) is 18.4. The molecule has 3 aromatic rings. The number of hydrogen-bond acceptors (Lipinski definition) is 6. The molecule has 9 nitrogen and oxygen atoms in total. The molecule has 1 aliphatic heterocycles. The summed E-state index contributed by atoms with van der Waals surface area (Å²) in [6, 6.07) is 13.8. The first-order valence-corrected chi connectivity index (χ1v) is 10.8. The summed E-state index contributed by atoms with van der Waals surface area (Å²) in [5.41, 5.74) is 0.822. The van der Waals surface area contributed by atoms with Gasteiger partial charge in [0, 0.05) is 26.2 Å². The molecule has 0 aliphatic carbocycles. The van der Waals surface area contributed by atoms with E-state index in [0.717, 1.165) is 0 Å². The molecule has 1 aromatic carbocycles. The summed E-state index contributed by atoms with van der Waals surface area (Å²) >= 11 is 0. The number of amides is 3. The van der Waals surface area contributed by atoms with E-state index in [4.69, 9.17) is 8.83 Å². The normalized spacial score (nSPS) is 14.2. The van der Waals surface area contributed by atoms with E-state index in [-0.39, 0.29) is 30.8 Å². The highest BCUT2D eigenvalue weighted by Gasteiger charge is 2.25. The van der Waals surface area contributed by atoms with Crippen molar-refractivity contribution in [3.05, 3.63) is 77.6 Å². The summed E-state index contributed by atoms with van der Waals surface area (Å²) in [5, 5.41) is 5.62. The number of benzene rings is 1. The van der Waals surface area contributed by atoms with Crippen molar-refractivity contribution in [1.82, 2.24) is 15.1 Å². The lowest BCUT2D eigenvalue weighted by Gasteiger charge is -2.33. The average molecular weight is 450 g/mol. The molecule has 2 aromatic heterocycles. The summed E-state index contributed by atoms with van der Waals surface area (Å²) in [7, 11) is 0. The summed E-state index contributed by atoms with van der Waals surface area (Å²) in [5.74, 6) is 1.01. The lowest BCUT2D eigenvalue weighted by molar-refractivity contribution is -0.117. The Morgan fingerprint density at radius 2 is 1.76 bits per heavy atom. The lowest BCUT2D eigenvalue weighted by atomic mass is 10.1. The van der Waals surface area contributed by atoms with E-state index in [0.29, 0.717) is 54.7 Å². The van der Waals surface area contributed by atoms with Crippen LogP contribution in [0.3, 0.4) is 0 Å². The number of anilines is 1. The number of para-hydroxylation sites is 1. The standard InChI is InChI=1S/C24H26N4O5/c1-17-8-9-21(33-17)24(31)28-12-10-27(11-13-28)16-22(29)26-20-7-3-2-6-19(20)23(30)25-15-18-5-4-14-32-18/h2-9,14H,10-13,15-16H2,1H3,(H,25,30)(H,26,29). The summed E-state index contributed by atoms with van der Waals surface area (Å²) in [4.78, 5) is 41.4. The molecule has 9 heteroatoms. The zero-order chi connectivity index (χ0) is 23.2. The van der Waals surface area contributed by atoms with Gasteiger partial charge in [-0.2, -0.15) is 0 Å². The van der Waals surface area contributed by atoms with E-state index in [1.54, 1.807) is 66.6 Å². The van der Waals surface area contributed by atoms with Gasteiger partial charge < -0.3 is 24.4 Å². The summed E-state index contributed by atoms with van der Waals surface area (Å²) in [6.07, 6.45) is 1.54. The molecule has 33 heavy (non-hydrogen) atoms. The minimum atomic E-state index is -0.303. The van der Waals surface area contributed by atoms with Gasteiger partial charge in [0.15, 0.2) is 5.76 Å². The zero-order valence-corrected chi connectivity index (χ0v) is 18.4. The molecule has 3 amide bonds. The van der Waals surface area contributed by atoms with Crippen LogP contribution in [0.4, 0.5) is 5.69 Å². The SMILES string of the molecule is Cc1ccc(C(=O)N2CCN(CC(=O)Nc3ccccc3C(=O)NCc3ccco3)CC2)o1. The fourth-order valence-corrected chi connectivity index (χ4v) is 3.67. The molecule has 0 atom stereocenters. The maximum atomic E-state index is 12.6. The van der Waals surface area contributed by atoms with E-state index >= 15 is 0 Å². The molecule has 4 rings (SSSR count). The van der Waals surface area contributed by atoms with Gasteiger partial charge in [0.2, 0.25) is 5.91 Å². The topological polar surface area (TPSA) is 108 Å². The minimum Gasteiger partial charge on any atom is -0.467 e. The predicted molar refractivity (Wildman–Crippen MR) is 121 cm³/mol. The number of piperazine rings is 1. The van der Waals surface area contributed by atoms with Gasteiger partial charge in [-0.15, -0.1) is 0 Å². The Morgan fingerprint density at radius 1 is 0.970 bits per heavy atom. The van der Waals surface area contributed by atoms with Crippen LogP contribution in [-0.2, 0) is 11.3 Å². The number of carbonyl (C=O) groups is 3. The van der Waals surface area contributed by atoms with Crippen LogP contribution in [0.5, 0.6) is 0 Å². The molecular weight excluding hydrogens is 424 g/mol. The Hall–Kier alpha value is -3.85. The number of furan rings is 2. The molecule has 2 N–H and O–H groups in total. The minimum absolute atomic E-state index is 0.137. The van der Waals surface area contributed by atoms with Crippen LogP contribution in [0.15, 0.2) is 63.6 Å². The second kappa shape index (κ2) is 10.2. The maximum Gasteiger partial charge on any atom is 0.289 e. The molecule has 0 bridgehead atoms. The van der Waals surface area contributed by atoms with Crippen molar-refractivity contribution in [2.24, 2.45) is 0 Å². The van der Waals surface area contributed by atoms with Crippen molar-refractivity contribution in [2.75, 3.05) is 38.0 Å². The van der Waals surface area contributed by atoms with Crippen molar-refractivity contribution in [3.63, 3.8) is 0 Å². The van der Waals surface area contributed by atoms with Crippen LogP contribution in [-0.4, -0.2) is 60.2 Å². The van der Waals surface area contributed by atoms with Crippen molar-refractivity contribution >= 4 is 23.4 Å². The van der Waals surface area contributed by atoms with E-state index < -0.39 is 0 Å². The first-order valence-electron chi connectivity index (χ1n) is 10.8. The van der Waals surface area contributed by atoms with Gasteiger partial charge in [-0.05, 0) is 43.3 Å². The van der Waals surface area contributed by atoms with Crippen molar-refractivity contribution < 1.29 is 23.2 Å². The van der Waals surface area contributed by atoms with Gasteiger partial charge in [-0.1, -0.05) is 12.1 Å². The monoisotopic (exact) mass is 450 g/mol. The van der Waals surface area contributed by atoms with Crippen molar-refractivity contribution in [2.45, 2.75) is 13.5 Å². The maximum absolute atomic E-state index is 12.6. The smallest absolute Gasteiger partial charge is 0.289 e. The molecule has 1 aliphatic rings. The van der Waals surface area contributed by atoms with Crippen LogP contribution >= 0.6 is 0 Å². The van der Waals surface area contributed by atoms with Gasteiger partial charge >= 0.3 is 0 Å². The van der Waals surface area contributed by atoms with E-state index in [9.17, 15) is 14.4 Å². The van der Waals surface area contributed by atoms with E-state index in [1.807, 2.05) is 4.90 Å². The highest BCUT2D eigenvalue weighted by molar-refractivity contribution is 6.04. The van der Waals surface area contributed by atoms with E-state index in [1.165, 1.54) is 0 Å². The molecule has 172 valence electrons. The van der Waals surface area contributed by atoms with E-state index in [2.05, 4.69) is 10.6 Å². The number of aryl methyl sites for hydroxylation is 1. The van der Waals surface area contributed by atoms with Gasteiger partial charge in [-0.3, -0.25) is 19.3 Å². The fourth-order valence-electron chi connectivity index (χ4n) is 3.67. The van der Waals surface area contributed by atoms with Crippen LogP contribution < -0.4 is 10.6 Å². The summed E-state index contributed by atoms with van der Waals surface area (Å²) in [6.45, 7) is 4.40. The van der Waals surface area contributed by atoms with Gasteiger partial charge in [0.25, 0.3) is 11.8 Å². The number of hydrogen-bond donors (Lipinski definition) is 2. The molecule has 1 fully saturated rings. The molecule has 0 saturated carbocycles.